The van der Waals surface area contributed by atoms with Gasteiger partial charge in [0.1, 0.15) is 5.82 Å². The van der Waals surface area contributed by atoms with Crippen LogP contribution in [0.3, 0.4) is 0 Å². The number of carbonyl (C=O) groups is 1. The maximum atomic E-state index is 13.7. The van der Waals surface area contributed by atoms with Crippen LogP contribution in [-0.4, -0.2) is 36.0 Å². The summed E-state index contributed by atoms with van der Waals surface area (Å²) in [6.45, 7) is 3.04. The molecule has 1 fully saturated rings. The lowest BCUT2D eigenvalue weighted by molar-refractivity contribution is 0.197. The Labute approximate surface area is 105 Å². The first-order chi connectivity index (χ1) is 8.04. The molecule has 0 bridgehead atoms. The predicted molar refractivity (Wildman–Crippen MR) is 64.6 cm³/mol. The number of hydrogen-bond donors (Lipinski definition) is 0. The monoisotopic (exact) mass is 256 g/mol. The summed E-state index contributed by atoms with van der Waals surface area (Å²) in [4.78, 5) is 15.1. The lowest BCUT2D eigenvalue weighted by Crippen LogP contribution is -2.29. The number of halogens is 2. The number of hydrogen-bond acceptors (Lipinski definition) is 1. The zero-order valence-corrected chi connectivity index (χ0v) is 10.5. The van der Waals surface area contributed by atoms with Gasteiger partial charge in [0.2, 0.25) is 0 Å². The normalized spacial score (nSPS) is 20.2. The fourth-order valence-electron chi connectivity index (χ4n) is 2.11. The van der Waals surface area contributed by atoms with Crippen LogP contribution in [0, 0.1) is 5.82 Å². The molecule has 0 aromatic heterocycles. The number of nitrogens with zero attached hydrogens (tertiary/aromatic N) is 2. The molecule has 1 aromatic rings. The topological polar surface area (TPSA) is 23.6 Å². The molecule has 1 aliphatic heterocycles. The van der Waals surface area contributed by atoms with E-state index in [1.54, 1.807) is 22.9 Å². The van der Waals surface area contributed by atoms with Crippen molar-refractivity contribution >= 4 is 17.6 Å². The molecule has 0 saturated carbocycles. The van der Waals surface area contributed by atoms with E-state index in [1.807, 2.05) is 6.92 Å². The van der Waals surface area contributed by atoms with Crippen LogP contribution in [0.2, 0.25) is 5.02 Å². The van der Waals surface area contributed by atoms with Crippen LogP contribution in [0.5, 0.6) is 0 Å². The van der Waals surface area contributed by atoms with Crippen LogP contribution in [-0.2, 0) is 0 Å². The average molecular weight is 257 g/mol. The van der Waals surface area contributed by atoms with Crippen LogP contribution < -0.4 is 0 Å². The van der Waals surface area contributed by atoms with Gasteiger partial charge in [0.15, 0.2) is 0 Å². The van der Waals surface area contributed by atoms with Crippen molar-refractivity contribution in [2.75, 3.05) is 20.1 Å². The average Bonchev–Trinajstić information content (AvgIpc) is 2.59. The molecule has 0 radical (unpaired) electrons. The van der Waals surface area contributed by atoms with Gasteiger partial charge in [0, 0.05) is 30.7 Å². The second kappa shape index (κ2) is 4.53. The number of rotatable bonds is 2. The molecule has 92 valence electrons. The zero-order chi connectivity index (χ0) is 12.6. The molecule has 1 aliphatic rings. The van der Waals surface area contributed by atoms with Gasteiger partial charge in [-0.05, 0) is 25.1 Å². The van der Waals surface area contributed by atoms with Gasteiger partial charge in [-0.25, -0.2) is 9.18 Å². The lowest BCUT2D eigenvalue weighted by atomic mass is 10.1. The number of carbonyl (C=O) groups excluding carboxylic acids is 1. The standard InChI is InChI=1S/C12H14ClFN2O/c1-3-16-7-11(15(2)12(16)17)9-6-8(13)4-5-10(9)14/h4-6,11H,3,7H2,1-2H3. The van der Waals surface area contributed by atoms with Crippen molar-refractivity contribution in [3.63, 3.8) is 0 Å². The van der Waals surface area contributed by atoms with Gasteiger partial charge < -0.3 is 9.80 Å². The number of amides is 2. The Morgan fingerprint density at radius 2 is 2.24 bits per heavy atom. The largest absolute Gasteiger partial charge is 0.323 e. The first-order valence-corrected chi connectivity index (χ1v) is 5.89. The van der Waals surface area contributed by atoms with Crippen molar-refractivity contribution in [3.8, 4) is 0 Å². The fraction of sp³-hybridized carbons (Fsp3) is 0.417. The molecule has 3 nitrogen and oxygen atoms in total. The second-order valence-electron chi connectivity index (χ2n) is 4.11. The van der Waals surface area contributed by atoms with E-state index in [0.29, 0.717) is 23.7 Å². The van der Waals surface area contributed by atoms with Crippen molar-refractivity contribution in [1.82, 2.24) is 9.80 Å². The molecule has 1 heterocycles. The first kappa shape index (κ1) is 12.2. The molecule has 1 aromatic carbocycles. The van der Waals surface area contributed by atoms with Gasteiger partial charge in [-0.2, -0.15) is 0 Å². The Bertz CT molecular complexity index is 452. The Morgan fingerprint density at radius 3 is 2.82 bits per heavy atom. The fourth-order valence-corrected chi connectivity index (χ4v) is 2.29. The van der Waals surface area contributed by atoms with Crippen LogP contribution in [0.4, 0.5) is 9.18 Å². The Hall–Kier alpha value is -1.29. The van der Waals surface area contributed by atoms with Gasteiger partial charge in [0.05, 0.1) is 6.04 Å². The Kier molecular flexibility index (Phi) is 3.24. The highest BCUT2D eigenvalue weighted by atomic mass is 35.5. The summed E-state index contributed by atoms with van der Waals surface area (Å²) in [7, 11) is 1.68. The molecule has 0 spiro atoms. The maximum Gasteiger partial charge on any atom is 0.320 e. The molecule has 1 atom stereocenters. The van der Waals surface area contributed by atoms with Crippen molar-refractivity contribution in [1.29, 1.82) is 0 Å². The minimum absolute atomic E-state index is 0.0723. The Morgan fingerprint density at radius 1 is 1.53 bits per heavy atom. The number of benzene rings is 1. The van der Waals surface area contributed by atoms with E-state index in [9.17, 15) is 9.18 Å². The van der Waals surface area contributed by atoms with Crippen molar-refractivity contribution in [3.05, 3.63) is 34.6 Å². The molecule has 17 heavy (non-hydrogen) atoms. The van der Waals surface area contributed by atoms with E-state index >= 15 is 0 Å². The van der Waals surface area contributed by atoms with E-state index in [0.717, 1.165) is 0 Å². The third-order valence-electron chi connectivity index (χ3n) is 3.13. The quantitative estimate of drug-likeness (QED) is 0.798. The van der Waals surface area contributed by atoms with Crippen LogP contribution >= 0.6 is 11.6 Å². The smallest absolute Gasteiger partial charge is 0.320 e. The number of likely N-dealkylation sites (N-methyl/N-ethyl adjacent to an activating group) is 2. The summed E-state index contributed by atoms with van der Waals surface area (Å²) in [5, 5.41) is 0.484. The van der Waals surface area contributed by atoms with Gasteiger partial charge in [0.25, 0.3) is 0 Å². The highest BCUT2D eigenvalue weighted by molar-refractivity contribution is 6.30. The molecule has 5 heteroatoms. The second-order valence-corrected chi connectivity index (χ2v) is 4.55. The minimum atomic E-state index is -0.322. The summed E-state index contributed by atoms with van der Waals surface area (Å²) in [6, 6.07) is 4.10. The van der Waals surface area contributed by atoms with Gasteiger partial charge >= 0.3 is 6.03 Å². The van der Waals surface area contributed by atoms with Gasteiger partial charge in [-0.15, -0.1) is 0 Å². The van der Waals surface area contributed by atoms with E-state index in [1.165, 1.54) is 12.1 Å². The first-order valence-electron chi connectivity index (χ1n) is 5.51. The van der Waals surface area contributed by atoms with E-state index in [2.05, 4.69) is 0 Å². The minimum Gasteiger partial charge on any atom is -0.323 e. The van der Waals surface area contributed by atoms with E-state index < -0.39 is 0 Å². The predicted octanol–water partition coefficient (Wildman–Crippen LogP) is 2.91. The molecule has 1 unspecified atom stereocenters. The van der Waals surface area contributed by atoms with E-state index in [4.69, 9.17) is 11.6 Å². The van der Waals surface area contributed by atoms with Gasteiger partial charge in [-0.1, -0.05) is 11.6 Å². The van der Waals surface area contributed by atoms with E-state index in [-0.39, 0.29) is 17.9 Å². The summed E-state index contributed by atoms with van der Waals surface area (Å²) < 4.78 is 13.7. The summed E-state index contributed by atoms with van der Waals surface area (Å²) in [6.07, 6.45) is 0. The summed E-state index contributed by atoms with van der Waals surface area (Å²) >= 11 is 5.87. The molecule has 1 saturated heterocycles. The molecule has 0 N–H and O–H groups in total. The van der Waals surface area contributed by atoms with Crippen LogP contribution in [0.1, 0.15) is 18.5 Å². The van der Waals surface area contributed by atoms with Crippen molar-refractivity contribution in [2.24, 2.45) is 0 Å². The maximum absolute atomic E-state index is 13.7. The van der Waals surface area contributed by atoms with Crippen molar-refractivity contribution < 1.29 is 9.18 Å². The molecule has 0 aliphatic carbocycles. The zero-order valence-electron chi connectivity index (χ0n) is 9.78. The molecular weight excluding hydrogens is 243 g/mol. The molecular formula is C12H14ClFN2O. The van der Waals surface area contributed by atoms with Crippen molar-refractivity contribution in [2.45, 2.75) is 13.0 Å². The third kappa shape index (κ3) is 2.09. The summed E-state index contributed by atoms with van der Waals surface area (Å²) in [5.74, 6) is -0.322. The van der Waals surface area contributed by atoms with Crippen LogP contribution in [0.25, 0.3) is 0 Å². The highest BCUT2D eigenvalue weighted by Gasteiger charge is 2.35. The number of urea groups is 1. The summed E-state index contributed by atoms with van der Waals surface area (Å²) in [5.41, 5.74) is 0.476. The van der Waals surface area contributed by atoms with Crippen LogP contribution in [0.15, 0.2) is 18.2 Å². The van der Waals surface area contributed by atoms with Gasteiger partial charge in [-0.3, -0.25) is 0 Å². The highest BCUT2D eigenvalue weighted by Crippen LogP contribution is 2.31. The SMILES string of the molecule is CCN1CC(c2cc(Cl)ccc2F)N(C)C1=O. The lowest BCUT2D eigenvalue weighted by Gasteiger charge is -2.18. The molecule has 2 amide bonds. The Balaban J connectivity index is 2.35. The third-order valence-corrected chi connectivity index (χ3v) is 3.37. The molecule has 2 rings (SSSR count).